The highest BCUT2D eigenvalue weighted by molar-refractivity contribution is 4.89. The summed E-state index contributed by atoms with van der Waals surface area (Å²) in [7, 11) is 2.19. The van der Waals surface area contributed by atoms with Gasteiger partial charge >= 0.3 is 0 Å². The Morgan fingerprint density at radius 2 is 1.94 bits per heavy atom. The van der Waals surface area contributed by atoms with E-state index in [-0.39, 0.29) is 12.1 Å². The van der Waals surface area contributed by atoms with E-state index >= 15 is 0 Å². The molecule has 1 unspecified atom stereocenters. The largest absolute Gasteiger partial charge is 0.394 e. The Labute approximate surface area is 100 Å². The maximum absolute atomic E-state index is 9.54. The zero-order valence-electron chi connectivity index (χ0n) is 11.3. The molecule has 0 aromatic rings. The molecule has 1 aliphatic carbocycles. The highest BCUT2D eigenvalue weighted by Crippen LogP contribution is 2.23. The van der Waals surface area contributed by atoms with Gasteiger partial charge in [-0.15, -0.1) is 0 Å². The molecule has 2 N–H and O–H groups in total. The number of aliphatic hydroxyl groups is 1. The minimum Gasteiger partial charge on any atom is -0.394 e. The third-order valence-electron chi connectivity index (χ3n) is 3.53. The van der Waals surface area contributed by atoms with Crippen LogP contribution >= 0.6 is 0 Å². The van der Waals surface area contributed by atoms with Gasteiger partial charge in [-0.1, -0.05) is 26.7 Å². The molecule has 0 spiro atoms. The third-order valence-corrected chi connectivity index (χ3v) is 3.53. The van der Waals surface area contributed by atoms with Gasteiger partial charge < -0.3 is 15.3 Å². The van der Waals surface area contributed by atoms with Gasteiger partial charge in [0.2, 0.25) is 0 Å². The number of nitrogens with zero attached hydrogens (tertiary/aromatic N) is 1. The molecule has 3 heteroatoms. The minimum atomic E-state index is -0.175. The number of rotatable bonds is 6. The van der Waals surface area contributed by atoms with E-state index in [1.54, 1.807) is 0 Å². The van der Waals surface area contributed by atoms with E-state index in [4.69, 9.17) is 0 Å². The Balaban J connectivity index is 2.47. The first-order valence-corrected chi connectivity index (χ1v) is 6.55. The fraction of sp³-hybridized carbons (Fsp3) is 1.00. The Hall–Kier alpha value is -0.120. The lowest BCUT2D eigenvalue weighted by Crippen LogP contribution is -2.56. The van der Waals surface area contributed by atoms with Crippen molar-refractivity contribution in [1.29, 1.82) is 0 Å². The SMILES string of the molecule is CC(C)NC(C)(CO)CN(C)C1CCCC1. The van der Waals surface area contributed by atoms with Crippen molar-refractivity contribution in [2.75, 3.05) is 20.2 Å². The molecule has 1 fully saturated rings. The molecular weight excluding hydrogens is 200 g/mol. The zero-order chi connectivity index (χ0) is 12.2. The lowest BCUT2D eigenvalue weighted by molar-refractivity contribution is 0.106. The highest BCUT2D eigenvalue weighted by atomic mass is 16.3. The lowest BCUT2D eigenvalue weighted by Gasteiger charge is -2.37. The van der Waals surface area contributed by atoms with Crippen LogP contribution in [0.2, 0.25) is 0 Å². The maximum atomic E-state index is 9.54. The molecule has 0 bridgehead atoms. The zero-order valence-corrected chi connectivity index (χ0v) is 11.3. The standard InChI is InChI=1S/C13H28N2O/c1-11(2)14-13(3,10-16)9-15(4)12-7-5-6-8-12/h11-12,14,16H,5-10H2,1-4H3. The average molecular weight is 228 g/mol. The van der Waals surface area contributed by atoms with E-state index in [0.29, 0.717) is 6.04 Å². The smallest absolute Gasteiger partial charge is 0.0623 e. The highest BCUT2D eigenvalue weighted by Gasteiger charge is 2.29. The first-order valence-electron chi connectivity index (χ1n) is 6.55. The molecule has 1 rings (SSSR count). The molecule has 0 amide bonds. The second-order valence-corrected chi connectivity index (χ2v) is 5.87. The van der Waals surface area contributed by atoms with Gasteiger partial charge in [-0.05, 0) is 26.8 Å². The topological polar surface area (TPSA) is 35.5 Å². The van der Waals surface area contributed by atoms with E-state index in [1.807, 2.05) is 0 Å². The van der Waals surface area contributed by atoms with Crippen LogP contribution in [0.4, 0.5) is 0 Å². The fourth-order valence-electron chi connectivity index (χ4n) is 2.86. The van der Waals surface area contributed by atoms with Crippen molar-refractivity contribution in [2.24, 2.45) is 0 Å². The van der Waals surface area contributed by atoms with Gasteiger partial charge in [-0.25, -0.2) is 0 Å². The maximum Gasteiger partial charge on any atom is 0.0623 e. The van der Waals surface area contributed by atoms with Crippen molar-refractivity contribution in [1.82, 2.24) is 10.2 Å². The predicted octanol–water partition coefficient (Wildman–Crippen LogP) is 1.61. The van der Waals surface area contributed by atoms with Gasteiger partial charge in [0.1, 0.15) is 0 Å². The van der Waals surface area contributed by atoms with Crippen LogP contribution in [0.1, 0.15) is 46.5 Å². The molecule has 0 heterocycles. The lowest BCUT2D eigenvalue weighted by atomic mass is 10.0. The van der Waals surface area contributed by atoms with Crippen LogP contribution < -0.4 is 5.32 Å². The molecule has 0 radical (unpaired) electrons. The van der Waals surface area contributed by atoms with Crippen molar-refractivity contribution in [3.05, 3.63) is 0 Å². The van der Waals surface area contributed by atoms with Crippen LogP contribution in [0.5, 0.6) is 0 Å². The van der Waals surface area contributed by atoms with Crippen molar-refractivity contribution < 1.29 is 5.11 Å². The van der Waals surface area contributed by atoms with Gasteiger partial charge in [0.25, 0.3) is 0 Å². The van der Waals surface area contributed by atoms with Crippen LogP contribution in [-0.2, 0) is 0 Å². The molecule has 16 heavy (non-hydrogen) atoms. The van der Waals surface area contributed by atoms with Crippen molar-refractivity contribution in [3.8, 4) is 0 Å². The van der Waals surface area contributed by atoms with Crippen LogP contribution in [-0.4, -0.2) is 47.8 Å². The summed E-state index contributed by atoms with van der Waals surface area (Å²) >= 11 is 0. The predicted molar refractivity (Wildman–Crippen MR) is 68.6 cm³/mol. The van der Waals surface area contributed by atoms with E-state index in [1.165, 1.54) is 25.7 Å². The van der Waals surface area contributed by atoms with E-state index < -0.39 is 0 Å². The summed E-state index contributed by atoms with van der Waals surface area (Å²) in [6.07, 6.45) is 5.37. The van der Waals surface area contributed by atoms with Crippen molar-refractivity contribution in [2.45, 2.75) is 64.1 Å². The van der Waals surface area contributed by atoms with Crippen LogP contribution in [0, 0.1) is 0 Å². The first kappa shape index (κ1) is 13.9. The Morgan fingerprint density at radius 1 is 1.38 bits per heavy atom. The van der Waals surface area contributed by atoms with Crippen LogP contribution in [0.25, 0.3) is 0 Å². The number of hydrogen-bond acceptors (Lipinski definition) is 3. The van der Waals surface area contributed by atoms with E-state index in [0.717, 1.165) is 12.6 Å². The summed E-state index contributed by atoms with van der Waals surface area (Å²) < 4.78 is 0. The van der Waals surface area contributed by atoms with Crippen LogP contribution in [0.3, 0.4) is 0 Å². The fourth-order valence-corrected chi connectivity index (χ4v) is 2.86. The average Bonchev–Trinajstić information content (AvgIpc) is 2.69. The van der Waals surface area contributed by atoms with E-state index in [9.17, 15) is 5.11 Å². The number of nitrogens with one attached hydrogen (secondary N) is 1. The molecule has 3 nitrogen and oxygen atoms in total. The monoisotopic (exact) mass is 228 g/mol. The Bertz CT molecular complexity index is 202. The van der Waals surface area contributed by atoms with Gasteiger partial charge in [-0.2, -0.15) is 0 Å². The number of hydrogen-bond donors (Lipinski definition) is 2. The Morgan fingerprint density at radius 3 is 2.38 bits per heavy atom. The number of aliphatic hydroxyl groups excluding tert-OH is 1. The van der Waals surface area contributed by atoms with Gasteiger partial charge in [0, 0.05) is 18.6 Å². The van der Waals surface area contributed by atoms with E-state index in [2.05, 4.69) is 38.0 Å². The second-order valence-electron chi connectivity index (χ2n) is 5.87. The molecule has 0 saturated heterocycles. The minimum absolute atomic E-state index is 0.175. The summed E-state index contributed by atoms with van der Waals surface area (Å²) in [6.45, 7) is 7.49. The van der Waals surface area contributed by atoms with Crippen LogP contribution in [0.15, 0.2) is 0 Å². The summed E-state index contributed by atoms with van der Waals surface area (Å²) in [4.78, 5) is 2.42. The molecule has 0 aliphatic heterocycles. The third kappa shape index (κ3) is 4.04. The van der Waals surface area contributed by atoms with Crippen molar-refractivity contribution >= 4 is 0 Å². The Kier molecular flexibility index (Phi) is 5.22. The molecule has 1 atom stereocenters. The first-order chi connectivity index (χ1) is 7.47. The van der Waals surface area contributed by atoms with Crippen molar-refractivity contribution in [3.63, 3.8) is 0 Å². The second kappa shape index (κ2) is 5.99. The molecule has 0 aromatic heterocycles. The summed E-state index contributed by atoms with van der Waals surface area (Å²) in [5, 5.41) is 13.0. The molecule has 1 saturated carbocycles. The number of likely N-dealkylation sites (N-methyl/N-ethyl adjacent to an activating group) is 1. The summed E-state index contributed by atoms with van der Waals surface area (Å²) in [5.74, 6) is 0. The van der Waals surface area contributed by atoms with Gasteiger partial charge in [-0.3, -0.25) is 0 Å². The van der Waals surface area contributed by atoms with Gasteiger partial charge in [0.15, 0.2) is 0 Å². The molecule has 96 valence electrons. The molecular formula is C13H28N2O. The molecule has 0 aromatic carbocycles. The summed E-state index contributed by atoms with van der Waals surface area (Å²) in [5.41, 5.74) is -0.175. The van der Waals surface area contributed by atoms with Gasteiger partial charge in [0.05, 0.1) is 12.1 Å². The quantitative estimate of drug-likeness (QED) is 0.725. The normalized spacial score (nSPS) is 21.9. The summed E-state index contributed by atoms with van der Waals surface area (Å²) in [6, 6.07) is 1.13. The molecule has 1 aliphatic rings.